The summed E-state index contributed by atoms with van der Waals surface area (Å²) in [5, 5.41) is 116. The number of nitrogens with one attached hydrogen (secondary N) is 6. The number of aliphatic hydroxyl groups is 10. The predicted molar refractivity (Wildman–Crippen MR) is 433 cm³/mol. The lowest BCUT2D eigenvalue weighted by Crippen LogP contribution is -2.64. The Morgan fingerprint density at radius 1 is 0.331 bits per heavy atom. The number of hydrogen-bond donors (Lipinski definition) is 16. The first-order valence-corrected chi connectivity index (χ1v) is 50.6. The van der Waals surface area contributed by atoms with Gasteiger partial charge in [0.1, 0.15) is 111 Å². The zero-order valence-corrected chi connectivity index (χ0v) is 78.9. The third-order valence-corrected chi connectivity index (χ3v) is 25.3. The van der Waals surface area contributed by atoms with Gasteiger partial charge in [-0.1, -0.05) is 38.5 Å². The lowest BCUT2D eigenvalue weighted by molar-refractivity contribution is -0.268. The van der Waals surface area contributed by atoms with Crippen LogP contribution >= 0.6 is 39.1 Å². The Morgan fingerprint density at radius 2 is 0.594 bits per heavy atom. The number of ether oxygens (including phenoxy) is 13. The number of hydrogen-bond acceptors (Lipinski definition) is 49. The molecule has 0 aromatic carbocycles. The average molecular weight is 2030 g/mol. The van der Waals surface area contributed by atoms with Crippen molar-refractivity contribution in [3.8, 4) is 0 Å². The van der Waals surface area contributed by atoms with E-state index in [0.717, 1.165) is 20.8 Å². The van der Waals surface area contributed by atoms with Crippen LogP contribution in [0.4, 0.5) is 0 Å². The summed E-state index contributed by atoms with van der Waals surface area (Å²) in [6, 6.07) is -3.78. The van der Waals surface area contributed by atoms with Crippen molar-refractivity contribution >= 4 is 74.6 Å². The molecule has 0 bridgehead atoms. The van der Waals surface area contributed by atoms with E-state index in [1.165, 1.54) is 0 Å². The second kappa shape index (κ2) is 59.4. The molecule has 0 aromatic rings. The second-order valence-corrected chi connectivity index (χ2v) is 39.1. The van der Waals surface area contributed by atoms with E-state index in [0.29, 0.717) is 77.0 Å². The Morgan fingerprint density at radius 3 is 0.872 bits per heavy atom. The Hall–Kier alpha value is -3.55. The monoisotopic (exact) mass is 2030 g/mol. The van der Waals surface area contributed by atoms with Crippen molar-refractivity contribution in [2.24, 2.45) is 0 Å². The molecule has 0 aromatic heterocycles. The van der Waals surface area contributed by atoms with E-state index in [4.69, 9.17) is 107 Å². The molecule has 8 unspecified atom stereocenters. The van der Waals surface area contributed by atoms with Crippen molar-refractivity contribution < 1.29 is 234 Å². The minimum absolute atomic E-state index is 0.0252. The quantitative estimate of drug-likeness (QED) is 0.0199. The maximum Gasteiger partial charge on any atom is 0.268 e. The summed E-state index contributed by atoms with van der Waals surface area (Å²) in [6.45, 7) is -2.08. The first-order valence-electron chi connectivity index (χ1n) is 43.3. The molecular weight excluding hydrogens is 1900 g/mol. The van der Waals surface area contributed by atoms with Gasteiger partial charge in [0.15, 0.2) is 37.7 Å². The summed E-state index contributed by atoms with van der Waals surface area (Å²) >= 11 is 0. The van der Waals surface area contributed by atoms with Gasteiger partial charge in [0.05, 0.1) is 103 Å². The minimum Gasteiger partial charge on any atom is -0.756 e. The zero-order chi connectivity index (χ0) is 98.3. The zero-order valence-electron chi connectivity index (χ0n) is 74.4. The van der Waals surface area contributed by atoms with Gasteiger partial charge in [-0.15, -0.1) is 0 Å². The van der Waals surface area contributed by atoms with Crippen LogP contribution in [-0.4, -0.2) is 378 Å². The van der Waals surface area contributed by atoms with Crippen molar-refractivity contribution in [1.29, 1.82) is 0 Å². The molecule has 0 aliphatic carbocycles. The fourth-order valence-corrected chi connectivity index (χ4v) is 17.9. The number of phosphoric acid groups is 5. The van der Waals surface area contributed by atoms with Gasteiger partial charge in [0, 0.05) is 79.5 Å². The highest BCUT2D eigenvalue weighted by Gasteiger charge is 2.50. The molecule has 0 spiro atoms. The number of rotatable bonds is 66. The number of unbranched alkanes of at least 4 members (excludes halogenated alkanes) is 9. The lowest BCUT2D eigenvalue weighted by Gasteiger charge is -2.42. The molecule has 0 radical (unpaired) electrons. The number of carbonyl (C=O) groups excluding carboxylic acids is 6. The average Bonchev–Trinajstić information content (AvgIpc) is 1.80. The van der Waals surface area contributed by atoms with Gasteiger partial charge in [0.2, 0.25) is 35.4 Å². The normalized spacial score (nSPS) is 31.4. The summed E-state index contributed by atoms with van der Waals surface area (Å²) in [5.74, 6) is -3.53. The van der Waals surface area contributed by atoms with E-state index in [2.05, 4.69) is 31.9 Å². The molecule has 6 aliphatic heterocycles. The van der Waals surface area contributed by atoms with Crippen LogP contribution in [0.2, 0.25) is 0 Å². The first kappa shape index (κ1) is 118. The van der Waals surface area contributed by atoms with E-state index < -0.39 is 326 Å². The molecule has 29 atom stereocenters. The van der Waals surface area contributed by atoms with Gasteiger partial charge in [-0.25, -0.2) is 0 Å². The Kier molecular flexibility index (Phi) is 52.8. The molecule has 133 heavy (non-hydrogen) atoms. The molecule has 776 valence electrons. The van der Waals surface area contributed by atoms with Crippen LogP contribution in [0.25, 0.3) is 0 Å². The van der Waals surface area contributed by atoms with Gasteiger partial charge in [-0.05, 0) is 59.3 Å². The van der Waals surface area contributed by atoms with Gasteiger partial charge in [-0.2, -0.15) is 0 Å². The fourth-order valence-electron chi connectivity index (χ4n) is 13.8. The van der Waals surface area contributed by atoms with Crippen molar-refractivity contribution in [2.75, 3.05) is 139 Å². The molecule has 6 saturated heterocycles. The Balaban J connectivity index is 0.944. The number of aliphatic hydroxyl groups excluding tert-OH is 10. The van der Waals surface area contributed by atoms with Crippen LogP contribution in [0.15, 0.2) is 0 Å². The van der Waals surface area contributed by atoms with E-state index in [1.807, 2.05) is 0 Å². The molecule has 6 fully saturated rings. The summed E-state index contributed by atoms with van der Waals surface area (Å²) in [7, 11) is -27.0. The second-order valence-electron chi connectivity index (χ2n) is 32.2. The topological polar surface area (TPSA) is 790 Å². The van der Waals surface area contributed by atoms with Crippen LogP contribution < -0.4 is 56.4 Å². The lowest BCUT2D eigenvalue weighted by atomic mass is 9.97. The van der Waals surface area contributed by atoms with Gasteiger partial charge >= 0.3 is 0 Å². The van der Waals surface area contributed by atoms with Crippen LogP contribution in [0.5, 0.6) is 0 Å². The van der Waals surface area contributed by atoms with Gasteiger partial charge in [0.25, 0.3) is 39.1 Å². The third-order valence-electron chi connectivity index (χ3n) is 20.3. The SMILES string of the molecule is CC(=O)N[C@H]1[C@H](OCC(=O)NCCCCCCO[C@H]2CC(OP(=O)([O-])OCCOP(=O)([O-])OC[C@H]3O[C@@H](OCCCCCCNC(=O)CO[C@@H]4O[C@H](CO)[C@H](O)[C@H](O)[C@H]4NC(C)=O)CC3OP(=O)([O-])OCCOP(=O)([O-])OC[C@H]3O[C@@H](OCCCCCCNC(=O)CO[C@@H]4O[C@H](CO)[C@H](O)[C@H](O)[C@H]4NC(C)=O)CC3OP(=O)([O-])OCCOC(C)(C)C)[C@@H](CO)O2)O[C@H](CO)[C@H](O)[C@@H]1O. The molecule has 0 saturated carbocycles. The van der Waals surface area contributed by atoms with Crippen molar-refractivity contribution in [2.45, 2.75) is 291 Å². The molecule has 55 nitrogen and oxygen atoms in total. The first-order chi connectivity index (χ1) is 62.7. The molecule has 60 heteroatoms. The molecular formula is C73H130N6O49P5-5. The van der Waals surface area contributed by atoms with Gasteiger partial charge in [-0.3, -0.25) is 51.6 Å². The van der Waals surface area contributed by atoms with E-state index in [9.17, 15) is 127 Å². The third kappa shape index (κ3) is 44.7. The summed E-state index contributed by atoms with van der Waals surface area (Å²) in [5.41, 5.74) is -0.666. The van der Waals surface area contributed by atoms with E-state index in [-0.39, 0.29) is 58.9 Å². The standard InChI is InChI=1S/C73H135N6O49P5/c1-43(84)77-61-67(93)64(90)50(35-81)123-70(61)109-40-55(87)74-19-13-7-10-16-22-106-58-31-46(49(34-80)120-58)126-132(102,103)116-29-27-113-129(96,97)119-39-54-48(33-60(122-54)108-24-18-12-9-15-21-76-57(89)42-111-72-63(79-45(3)86)69(95)66(92)52(37-83)125-72)128-133(104,105)117-30-28-114-130(98,99)118-38-53-47(127-131(100,101)115-26-25-112-73(4,5)6)32-59(121-53)107-23-17-11-8-14-20-75-56(88)41-110-71-62(78-44(2)85)68(94)65(91)51(36-82)124-71/h46-54,58-72,80-83,90-95H,7-42H2,1-6H3,(H,74,87)(H,75,88)(H,76,89)(H,77,84)(H,78,85)(H,79,86)(H,96,97)(H,98,99)(H,100,101)(H,102,103)(H,104,105)/p-5/t46?,47?,48?,49-,50-,51-,52-,53-,54-,58-,59-,60-,61-,62-,63-,64+,65+,66+,67-,68-,69-,70-,71-,72-/m1/s1. The maximum absolute atomic E-state index is 13.4. The van der Waals surface area contributed by atoms with Crippen molar-refractivity contribution in [1.82, 2.24) is 31.9 Å². The molecule has 16 N–H and O–H groups in total. The summed E-state index contributed by atoms with van der Waals surface area (Å²) in [4.78, 5) is 139. The molecule has 6 aliphatic rings. The van der Waals surface area contributed by atoms with Crippen LogP contribution in [0.3, 0.4) is 0 Å². The highest BCUT2D eigenvalue weighted by Crippen LogP contribution is 2.49. The molecule has 6 amide bonds. The number of amides is 6. The fraction of sp³-hybridized carbons (Fsp3) is 0.918. The number of carbonyl (C=O) groups is 6. The van der Waals surface area contributed by atoms with Crippen LogP contribution in [0, 0.1) is 0 Å². The predicted octanol–water partition coefficient (Wildman–Crippen LogP) is -7.29. The number of phosphoric ester groups is 5. The van der Waals surface area contributed by atoms with Crippen LogP contribution in [-0.2, 0) is 158 Å². The maximum atomic E-state index is 13.4. The molecule has 6 rings (SSSR count). The highest BCUT2D eigenvalue weighted by molar-refractivity contribution is 7.47. The van der Waals surface area contributed by atoms with E-state index >= 15 is 0 Å². The highest BCUT2D eigenvalue weighted by atomic mass is 31.2. The molecule has 6 heterocycles. The summed E-state index contributed by atoms with van der Waals surface area (Å²) in [6.07, 6.45) is -24.9. The van der Waals surface area contributed by atoms with Crippen LogP contribution in [0.1, 0.15) is 138 Å². The van der Waals surface area contributed by atoms with Crippen molar-refractivity contribution in [3.63, 3.8) is 0 Å². The Bertz CT molecular complexity index is 3710. The van der Waals surface area contributed by atoms with E-state index in [1.54, 1.807) is 20.8 Å². The van der Waals surface area contributed by atoms with Gasteiger partial charge < -0.3 is 214 Å². The largest absolute Gasteiger partial charge is 0.756 e. The summed E-state index contributed by atoms with van der Waals surface area (Å²) < 4.78 is 188. The smallest absolute Gasteiger partial charge is 0.268 e. The minimum atomic E-state index is -5.59. The van der Waals surface area contributed by atoms with Crippen molar-refractivity contribution in [3.05, 3.63) is 0 Å². The Labute approximate surface area is 767 Å².